The van der Waals surface area contributed by atoms with Crippen molar-refractivity contribution in [1.82, 2.24) is 14.8 Å². The third-order valence-corrected chi connectivity index (χ3v) is 6.95. The van der Waals surface area contributed by atoms with E-state index in [0.717, 1.165) is 35.7 Å². The van der Waals surface area contributed by atoms with Gasteiger partial charge in [-0.05, 0) is 23.8 Å². The Bertz CT molecular complexity index is 1090. The van der Waals surface area contributed by atoms with Crippen LogP contribution in [0.2, 0.25) is 5.02 Å². The van der Waals surface area contributed by atoms with Crippen LogP contribution in [0, 0.1) is 0 Å². The summed E-state index contributed by atoms with van der Waals surface area (Å²) in [5, 5.41) is 6.84. The number of hydrazone groups is 1. The molecule has 2 aliphatic heterocycles. The highest BCUT2D eigenvalue weighted by Crippen LogP contribution is 2.35. The highest BCUT2D eigenvalue weighted by atomic mass is 35.5. The number of hydrogen-bond acceptors (Lipinski definition) is 6. The number of carbonyl (C=O) groups is 2. The van der Waals surface area contributed by atoms with Gasteiger partial charge in [0.25, 0.3) is 5.91 Å². The van der Waals surface area contributed by atoms with Crippen LogP contribution in [0.15, 0.2) is 53.6 Å². The molecule has 9 heteroatoms. The number of benzene rings is 2. The molecule has 8 nitrogen and oxygen atoms in total. The van der Waals surface area contributed by atoms with E-state index in [1.54, 1.807) is 12.0 Å². The smallest absolute Gasteiger partial charge is 0.262 e. The summed E-state index contributed by atoms with van der Waals surface area (Å²) in [7, 11) is 1.62. The minimum atomic E-state index is -0.299. The molecule has 4 rings (SSSR count). The first kappa shape index (κ1) is 26.1. The molecule has 0 saturated carbocycles. The molecule has 36 heavy (non-hydrogen) atoms. The van der Waals surface area contributed by atoms with E-state index >= 15 is 0 Å². The minimum Gasteiger partial charge on any atom is -0.497 e. The van der Waals surface area contributed by atoms with Gasteiger partial charge in [-0.15, -0.1) is 0 Å². The second-order valence-electron chi connectivity index (χ2n) is 8.88. The number of ether oxygens (including phenoxy) is 2. The van der Waals surface area contributed by atoms with E-state index in [1.807, 2.05) is 55.5 Å². The van der Waals surface area contributed by atoms with Crippen molar-refractivity contribution in [2.24, 2.45) is 5.10 Å². The molecule has 192 valence electrons. The van der Waals surface area contributed by atoms with Crippen molar-refractivity contribution in [2.45, 2.75) is 25.8 Å². The van der Waals surface area contributed by atoms with E-state index in [1.165, 1.54) is 5.01 Å². The van der Waals surface area contributed by atoms with E-state index in [-0.39, 0.29) is 24.4 Å². The lowest BCUT2D eigenvalue weighted by molar-refractivity contribution is -0.141. The van der Waals surface area contributed by atoms with Crippen LogP contribution in [0.3, 0.4) is 0 Å². The third kappa shape index (κ3) is 6.24. The van der Waals surface area contributed by atoms with Crippen LogP contribution >= 0.6 is 11.6 Å². The summed E-state index contributed by atoms with van der Waals surface area (Å²) in [6.07, 6.45) is 0.865. The second-order valence-corrected chi connectivity index (χ2v) is 9.29. The highest BCUT2D eigenvalue weighted by Gasteiger charge is 2.35. The largest absolute Gasteiger partial charge is 0.497 e. The maximum absolute atomic E-state index is 13.6. The molecule has 0 bridgehead atoms. The van der Waals surface area contributed by atoms with Gasteiger partial charge in [-0.2, -0.15) is 5.10 Å². The second kappa shape index (κ2) is 12.3. The number of nitrogens with zero attached hydrogens (tertiary/aromatic N) is 4. The van der Waals surface area contributed by atoms with Crippen molar-refractivity contribution in [3.63, 3.8) is 0 Å². The molecule has 0 spiro atoms. The summed E-state index contributed by atoms with van der Waals surface area (Å²) in [4.78, 5) is 30.3. The Hall–Kier alpha value is -2.94. The quantitative estimate of drug-likeness (QED) is 0.513. The fourth-order valence-electron chi connectivity index (χ4n) is 4.52. The summed E-state index contributed by atoms with van der Waals surface area (Å²) in [5.74, 6) is 0.471. The number of morpholine rings is 1. The fraction of sp³-hybridized carbons (Fsp3) is 0.444. The number of rotatable bonds is 9. The summed E-state index contributed by atoms with van der Waals surface area (Å²) in [5.41, 5.74) is 2.50. The molecule has 2 heterocycles. The minimum absolute atomic E-state index is 0.0248. The van der Waals surface area contributed by atoms with Crippen LogP contribution < -0.4 is 4.74 Å². The molecule has 1 saturated heterocycles. The van der Waals surface area contributed by atoms with E-state index in [2.05, 4.69) is 4.90 Å². The first-order valence-corrected chi connectivity index (χ1v) is 12.7. The molecule has 0 unspecified atom stereocenters. The summed E-state index contributed by atoms with van der Waals surface area (Å²) < 4.78 is 10.7. The molecule has 2 aromatic rings. The van der Waals surface area contributed by atoms with Crippen LogP contribution in [0.25, 0.3) is 0 Å². The highest BCUT2D eigenvalue weighted by molar-refractivity contribution is 6.34. The van der Waals surface area contributed by atoms with E-state index < -0.39 is 0 Å². The van der Waals surface area contributed by atoms with Gasteiger partial charge < -0.3 is 14.4 Å². The molecule has 1 atom stereocenters. The van der Waals surface area contributed by atoms with Gasteiger partial charge in [-0.1, -0.05) is 48.9 Å². The van der Waals surface area contributed by atoms with Crippen LogP contribution in [-0.4, -0.2) is 85.4 Å². The number of carbonyl (C=O) groups excluding carboxylic acids is 2. The summed E-state index contributed by atoms with van der Waals surface area (Å²) in [6.45, 7) is 6.04. The predicted octanol–water partition coefficient (Wildman–Crippen LogP) is 3.60. The number of halogens is 1. The Balaban J connectivity index is 1.55. The Labute approximate surface area is 217 Å². The van der Waals surface area contributed by atoms with Gasteiger partial charge >= 0.3 is 0 Å². The third-order valence-electron chi connectivity index (χ3n) is 6.62. The molecule has 1 fully saturated rings. The van der Waals surface area contributed by atoms with Gasteiger partial charge in [0.05, 0.1) is 32.1 Å². The molecular weight excluding hydrogens is 480 g/mol. The normalized spacial score (nSPS) is 18.1. The lowest BCUT2D eigenvalue weighted by Crippen LogP contribution is -2.46. The monoisotopic (exact) mass is 512 g/mol. The standard InChI is InChI=1S/C27H33ClN4O4/c1-3-26(33)31(13-12-30-14-16-36-17-15-30)19-27(34)32-25(20-8-10-21(35-2)11-9-20)18-24(29-32)22-6-4-5-7-23(22)28/h4-11,25H,3,12-19H2,1-2H3/t25-/m0/s1. The van der Waals surface area contributed by atoms with E-state index in [9.17, 15) is 9.59 Å². The van der Waals surface area contributed by atoms with Crippen LogP contribution in [0.5, 0.6) is 5.75 Å². The van der Waals surface area contributed by atoms with Gasteiger partial charge in [0.15, 0.2) is 0 Å². The molecule has 2 aliphatic rings. The molecule has 0 aliphatic carbocycles. The van der Waals surface area contributed by atoms with Gasteiger partial charge in [0.2, 0.25) is 5.91 Å². The molecule has 2 aromatic carbocycles. The number of methoxy groups -OCH3 is 1. The molecule has 0 radical (unpaired) electrons. The van der Waals surface area contributed by atoms with Gasteiger partial charge in [0.1, 0.15) is 12.3 Å². The topological polar surface area (TPSA) is 74.7 Å². The Morgan fingerprint density at radius 2 is 1.86 bits per heavy atom. The summed E-state index contributed by atoms with van der Waals surface area (Å²) in [6, 6.07) is 14.9. The average molecular weight is 513 g/mol. The van der Waals surface area contributed by atoms with Crippen LogP contribution in [0.1, 0.15) is 36.9 Å². The molecular formula is C27H33ClN4O4. The van der Waals surface area contributed by atoms with Crippen LogP contribution in [-0.2, 0) is 14.3 Å². The van der Waals surface area contributed by atoms with E-state index in [0.29, 0.717) is 44.2 Å². The summed E-state index contributed by atoms with van der Waals surface area (Å²) >= 11 is 6.46. The Morgan fingerprint density at radius 3 is 2.53 bits per heavy atom. The number of hydrogen-bond donors (Lipinski definition) is 0. The maximum Gasteiger partial charge on any atom is 0.262 e. The van der Waals surface area contributed by atoms with E-state index in [4.69, 9.17) is 26.2 Å². The van der Waals surface area contributed by atoms with Crippen molar-refractivity contribution >= 4 is 29.1 Å². The zero-order valence-electron chi connectivity index (χ0n) is 20.9. The first-order valence-electron chi connectivity index (χ1n) is 12.4. The maximum atomic E-state index is 13.6. The van der Waals surface area contributed by atoms with Crippen molar-refractivity contribution < 1.29 is 19.1 Å². The zero-order chi connectivity index (χ0) is 25.5. The first-order chi connectivity index (χ1) is 17.5. The average Bonchev–Trinajstić information content (AvgIpc) is 3.37. The van der Waals surface area contributed by atoms with Crippen LogP contribution in [0.4, 0.5) is 0 Å². The van der Waals surface area contributed by atoms with Crippen molar-refractivity contribution in [2.75, 3.05) is 53.0 Å². The molecule has 0 N–H and O–H groups in total. The Morgan fingerprint density at radius 1 is 1.14 bits per heavy atom. The SMILES string of the molecule is CCC(=O)N(CCN1CCOCC1)CC(=O)N1N=C(c2ccccc2Cl)C[C@H]1c1ccc(OC)cc1. The zero-order valence-corrected chi connectivity index (χ0v) is 21.6. The van der Waals surface area contributed by atoms with Crippen molar-refractivity contribution in [3.8, 4) is 5.75 Å². The Kier molecular flexibility index (Phi) is 8.96. The van der Waals surface area contributed by atoms with Gasteiger partial charge in [0, 0.05) is 49.6 Å². The fourth-order valence-corrected chi connectivity index (χ4v) is 4.77. The van der Waals surface area contributed by atoms with Gasteiger partial charge in [-0.25, -0.2) is 5.01 Å². The predicted molar refractivity (Wildman–Crippen MR) is 139 cm³/mol. The molecule has 0 aromatic heterocycles. The lowest BCUT2D eigenvalue weighted by Gasteiger charge is -2.31. The van der Waals surface area contributed by atoms with Crippen molar-refractivity contribution in [3.05, 3.63) is 64.7 Å². The lowest BCUT2D eigenvalue weighted by atomic mass is 9.98. The van der Waals surface area contributed by atoms with Crippen molar-refractivity contribution in [1.29, 1.82) is 0 Å². The van der Waals surface area contributed by atoms with Gasteiger partial charge in [-0.3, -0.25) is 14.5 Å². The number of amides is 2. The molecule has 2 amide bonds.